The molecule has 0 aromatic carbocycles. The van der Waals surface area contributed by atoms with Gasteiger partial charge in [-0.25, -0.2) is 50.5 Å². The van der Waals surface area contributed by atoms with Crippen molar-refractivity contribution in [2.75, 3.05) is 68.6 Å². The molecule has 7 saturated heterocycles. The summed E-state index contributed by atoms with van der Waals surface area (Å²) in [5.74, 6) is -4.74. The van der Waals surface area contributed by atoms with Gasteiger partial charge in [0.1, 0.15) is 97.2 Å². The normalized spacial score (nSPS) is 36.9. The molecule has 0 amide bonds. The fourth-order valence-corrected chi connectivity index (χ4v) is 13.2. The number of nitrogens with two attached hydrogens (primary N) is 1. The van der Waals surface area contributed by atoms with Gasteiger partial charge in [0.15, 0.2) is 49.3 Å². The van der Waals surface area contributed by atoms with Gasteiger partial charge in [0, 0.05) is 42.2 Å². The Kier molecular flexibility index (Phi) is 50.0. The predicted molar refractivity (Wildman–Crippen MR) is 261 cm³/mol. The molecule has 7 fully saturated rings. The van der Waals surface area contributed by atoms with E-state index in [2.05, 4.69) is 25.1 Å². The Bertz CT molecular complexity index is 3260. The van der Waals surface area contributed by atoms with Crippen LogP contribution in [0, 0.1) is 0 Å². The molecule has 0 radical (unpaired) electrons. The van der Waals surface area contributed by atoms with Crippen molar-refractivity contribution in [3.05, 3.63) is 0 Å². The van der Waals surface area contributed by atoms with E-state index in [4.69, 9.17) is 81.5 Å². The number of hydrogen-bond acceptors (Lipinski definition) is 46. The van der Waals surface area contributed by atoms with Gasteiger partial charge in [0.25, 0.3) is 0 Å². The van der Waals surface area contributed by atoms with Gasteiger partial charge < -0.3 is 134 Å². The Morgan fingerprint density at radius 1 is 0.450 bits per heavy atom. The van der Waals surface area contributed by atoms with E-state index in [0.717, 1.165) is 42.5 Å². The van der Waals surface area contributed by atoms with Crippen molar-refractivity contribution < 1.29 is 440 Å². The van der Waals surface area contributed by atoms with Gasteiger partial charge in [-0.1, -0.05) is 6.92 Å². The van der Waals surface area contributed by atoms with Crippen LogP contribution < -0.4 is 252 Å². The first-order chi connectivity index (χ1) is 42.4. The maximum absolute atomic E-state index is 13.6. The van der Waals surface area contributed by atoms with Crippen LogP contribution in [0.25, 0.3) is 0 Å². The molecule has 0 aliphatic carbocycles. The second kappa shape index (κ2) is 45.7. The third-order valence-corrected chi connectivity index (χ3v) is 17.3. The standard InChI is InChI=1S/C40H67NO45S6.8Na/c1-8-39(37(43)44)30(80-32-17(41)21(70-9-2)18(42)14(75-32)10-72-87(47,48)49)24(66-4)26(68-6)35(82-39)79-20-16(12-74-89(53,54)55)77-34(29(86-92(62,63)64)23(20)84-90(56,57)58)81-31-25(67-5)27-36(83-40(31,13-71-27)38(45)46)78-19-15(11-73-88(50,51)52)76-33(69-7)28(22(19)65-3)85-91(59,60)61;;;;;;;;/h14-36,42H,8-13,41H2,1-7H3,(H,43,44)(H,45,46)(H,47,48,49)(H,50,51,52)(H,53,54,55)(H,56,57,58)(H,59,60,61)(H,62,63,64);;;;;;;;/q;8*+1/p-8/t14-,15-,16-,17-,18-,19-,20-,21-,22+,23+,24-,25-,26-,27-,28-,29-,30+,31+,32+,33+,34-,35-,36?,39+,40+;;;;;;;;/m1......../s1. The van der Waals surface area contributed by atoms with Gasteiger partial charge in [-0.05, 0) is 13.3 Å². The molecule has 0 aromatic rings. The van der Waals surface area contributed by atoms with Crippen LogP contribution >= 0.6 is 0 Å². The number of carboxylic acids is 2. The first kappa shape index (κ1) is 110. The zero-order valence-electron chi connectivity index (χ0n) is 56.0. The van der Waals surface area contributed by atoms with E-state index >= 15 is 0 Å². The Morgan fingerprint density at radius 2 is 0.860 bits per heavy atom. The summed E-state index contributed by atoms with van der Waals surface area (Å²) in [7, 11) is -31.7. The van der Waals surface area contributed by atoms with Crippen molar-refractivity contribution in [1.29, 1.82) is 0 Å². The first-order valence-electron chi connectivity index (χ1n) is 25.9. The second-order valence-corrected chi connectivity index (χ2v) is 26.1. The number of ether oxygens (including phenoxy) is 16. The van der Waals surface area contributed by atoms with Crippen molar-refractivity contribution in [3.8, 4) is 0 Å². The van der Waals surface area contributed by atoms with E-state index in [1.165, 1.54) is 6.92 Å². The summed E-state index contributed by atoms with van der Waals surface area (Å²) in [6.45, 7) is -3.48. The topological polar surface area (TPSA) is 673 Å². The Balaban J connectivity index is -0.0000118. The van der Waals surface area contributed by atoms with Gasteiger partial charge in [0.2, 0.25) is 62.4 Å². The van der Waals surface area contributed by atoms with Crippen molar-refractivity contribution >= 4 is 74.3 Å². The smallest absolute Gasteiger partial charge is 0.726 e. The maximum Gasteiger partial charge on any atom is 1.00 e. The van der Waals surface area contributed by atoms with Gasteiger partial charge in [0.05, 0.1) is 44.4 Å². The van der Waals surface area contributed by atoms with E-state index in [9.17, 15) is 103 Å². The van der Waals surface area contributed by atoms with Crippen LogP contribution in [0.5, 0.6) is 0 Å². The Hall–Kier alpha value is 5.44. The van der Waals surface area contributed by atoms with Crippen LogP contribution in [0.4, 0.5) is 0 Å². The number of hydrogen-bond donors (Lipinski definition) is 2. The molecule has 0 aromatic heterocycles. The van der Waals surface area contributed by atoms with Crippen molar-refractivity contribution in [3.63, 3.8) is 0 Å². The van der Waals surface area contributed by atoms with Crippen LogP contribution in [0.3, 0.4) is 0 Å². The Labute approximate surface area is 750 Å². The number of carboxylic acid groups (broad SMARTS) is 2. The SMILES string of the molecule is CCO[C@@H]1[C@@H](N)[C@H](O[C@H]2[C@H](OC)[C@@H](OC)[C@H](O[C@H]3[C@H](OS(=O)(=O)[O-])[C@@H](OS(=O)(=O)[O-])[C@@H](O[C@H]4[C@H](OC)[C@H]5OC[C@]4(C(=O)[O-])OC5O[C@H]4[C@H](OC)[C@@H](OS(=O)(=O)[O-])[C@@H](OC)O[C@@H]4COS(=O)(=O)[O-])O[C@@H]3COS(=O)(=O)[O-])O[C@]2(CC)C(=O)[O-])O[C@H](COS(=O)(=O)[O-])[C@H]1O.[Na+].[Na+].[Na+].[Na+].[Na+].[Na+].[Na+].[Na+]. The summed E-state index contributed by atoms with van der Waals surface area (Å²) in [5.41, 5.74) is -0.104. The van der Waals surface area contributed by atoms with E-state index in [-0.39, 0.29) is 243 Å². The largest absolute Gasteiger partial charge is 1.00 e. The molecule has 0 saturated carbocycles. The zero-order chi connectivity index (χ0) is 69.2. The number of aliphatic carboxylic acids is 2. The third kappa shape index (κ3) is 28.7. The summed E-state index contributed by atoms with van der Waals surface area (Å²) in [4.78, 5) is 27.1. The number of aliphatic hydroxyl groups excluding tert-OH is 1. The van der Waals surface area contributed by atoms with Crippen LogP contribution in [0.2, 0.25) is 0 Å². The molecule has 7 aliphatic heterocycles. The molecule has 1 unspecified atom stereocenters. The first-order valence-corrected chi connectivity index (χ1v) is 33.9. The second-order valence-electron chi connectivity index (χ2n) is 19.9. The number of carbonyl (C=O) groups is 2. The van der Waals surface area contributed by atoms with Crippen LogP contribution in [0.1, 0.15) is 20.3 Å². The summed E-state index contributed by atoms with van der Waals surface area (Å²) >= 11 is 0. The average molecular weight is 1650 g/mol. The summed E-state index contributed by atoms with van der Waals surface area (Å²) in [5, 5.41) is 38.1. The van der Waals surface area contributed by atoms with Crippen molar-refractivity contribution in [1.82, 2.24) is 0 Å². The Morgan fingerprint density at radius 3 is 1.27 bits per heavy atom. The summed E-state index contributed by atoms with van der Waals surface area (Å²) in [6, 6.07) is -1.69. The van der Waals surface area contributed by atoms with Gasteiger partial charge >= 0.3 is 236 Å². The van der Waals surface area contributed by atoms with Crippen molar-refractivity contribution in [2.45, 2.75) is 173 Å². The average Bonchev–Trinajstić information content (AvgIpc) is 0.724. The molecule has 0 spiro atoms. The molecule has 60 heteroatoms. The molecule has 25 atom stereocenters. The number of fused-ring (bicyclic) bond motifs is 3. The molecular formula is C40H59NNa8O45S6. The zero-order valence-corrected chi connectivity index (χ0v) is 76.9. The summed E-state index contributed by atoms with van der Waals surface area (Å²) < 4.78 is 335. The number of methoxy groups -OCH3 is 5. The molecule has 7 aliphatic rings. The van der Waals surface area contributed by atoms with E-state index in [0.29, 0.717) is 0 Å². The summed E-state index contributed by atoms with van der Waals surface area (Å²) in [6.07, 6.45) is -52.1. The van der Waals surface area contributed by atoms with Crippen LogP contribution in [-0.2, 0) is 173 Å². The molecule has 46 nitrogen and oxygen atoms in total. The maximum atomic E-state index is 13.6. The molecular weight excluding hydrogens is 1590 g/mol. The van der Waals surface area contributed by atoms with Crippen molar-refractivity contribution in [2.24, 2.45) is 5.73 Å². The van der Waals surface area contributed by atoms with Gasteiger partial charge in [-0.3, -0.25) is 25.1 Å². The van der Waals surface area contributed by atoms with Crippen LogP contribution in [0.15, 0.2) is 0 Å². The molecule has 100 heavy (non-hydrogen) atoms. The molecule has 2 bridgehead atoms. The molecule has 7 heterocycles. The van der Waals surface area contributed by atoms with E-state index in [1.54, 1.807) is 0 Å². The minimum absolute atomic E-state index is 0. The third-order valence-electron chi connectivity index (χ3n) is 14.6. The quantitative estimate of drug-likeness (QED) is 0.0350. The minimum atomic E-state index is -6.47. The fourth-order valence-electron chi connectivity index (χ4n) is 10.8. The fraction of sp³-hybridized carbons (Fsp3) is 0.950. The van der Waals surface area contributed by atoms with E-state index < -0.39 is 260 Å². The van der Waals surface area contributed by atoms with E-state index in [1.807, 2.05) is 0 Å². The minimum Gasteiger partial charge on any atom is -0.726 e. The number of aliphatic hydroxyl groups is 1. The van der Waals surface area contributed by atoms with Gasteiger partial charge in [-0.15, -0.1) is 0 Å². The number of carbonyl (C=O) groups excluding carboxylic acids is 2. The van der Waals surface area contributed by atoms with Crippen LogP contribution in [-0.4, -0.2) is 316 Å². The number of rotatable bonds is 33. The molecule has 7 rings (SSSR count). The predicted octanol–water partition coefficient (Wildman–Crippen LogP) is -36.0. The monoisotopic (exact) mass is 1650 g/mol. The molecule has 3 N–H and O–H groups in total. The molecule has 538 valence electrons. The van der Waals surface area contributed by atoms with Gasteiger partial charge in [-0.2, -0.15) is 0 Å².